The first-order valence-corrected chi connectivity index (χ1v) is 7.91. The molecule has 0 aromatic heterocycles. The normalized spacial score (nSPS) is 11.3. The average molecular weight is 285 g/mol. The first kappa shape index (κ1) is 15.5. The molecule has 19 heavy (non-hydrogen) atoms. The Hall–Kier alpha value is -1.56. The van der Waals surface area contributed by atoms with Crippen molar-refractivity contribution < 1.29 is 17.9 Å². The van der Waals surface area contributed by atoms with Gasteiger partial charge in [-0.05, 0) is 31.5 Å². The number of carbonyl (C=O) groups is 1. The van der Waals surface area contributed by atoms with E-state index in [0.717, 1.165) is 0 Å². The Kier molecular flexibility index (Phi) is 5.35. The summed E-state index contributed by atoms with van der Waals surface area (Å²) >= 11 is 0. The van der Waals surface area contributed by atoms with E-state index in [-0.39, 0.29) is 23.9 Å². The van der Waals surface area contributed by atoms with Gasteiger partial charge in [-0.15, -0.1) is 0 Å². The molecule has 0 saturated heterocycles. The van der Waals surface area contributed by atoms with Crippen LogP contribution in [0.25, 0.3) is 0 Å². The Labute approximate surface area is 113 Å². The summed E-state index contributed by atoms with van der Waals surface area (Å²) in [5.41, 5.74) is 6.52. The maximum atomic E-state index is 11.4. The smallest absolute Gasteiger partial charge is 0.163 e. The van der Waals surface area contributed by atoms with Crippen LogP contribution in [0.1, 0.15) is 30.6 Å². The van der Waals surface area contributed by atoms with Gasteiger partial charge in [0.05, 0.1) is 17.9 Å². The molecule has 0 radical (unpaired) electrons. The van der Waals surface area contributed by atoms with E-state index in [0.29, 0.717) is 23.4 Å². The van der Waals surface area contributed by atoms with Gasteiger partial charge in [0.25, 0.3) is 0 Å². The lowest BCUT2D eigenvalue weighted by Crippen LogP contribution is -2.12. The molecule has 0 atom stereocenters. The lowest BCUT2D eigenvalue weighted by Gasteiger charge is -2.10. The molecule has 0 unspecified atom stereocenters. The van der Waals surface area contributed by atoms with Crippen LogP contribution in [0.2, 0.25) is 0 Å². The van der Waals surface area contributed by atoms with Crippen LogP contribution in [-0.4, -0.2) is 32.3 Å². The van der Waals surface area contributed by atoms with E-state index < -0.39 is 9.84 Å². The molecular formula is C13H19NO4S. The van der Waals surface area contributed by atoms with Gasteiger partial charge in [-0.1, -0.05) is 6.92 Å². The van der Waals surface area contributed by atoms with E-state index in [1.165, 1.54) is 6.92 Å². The largest absolute Gasteiger partial charge is 0.493 e. The lowest BCUT2D eigenvalue weighted by atomic mass is 10.1. The topological polar surface area (TPSA) is 86.5 Å². The number of hydrogen-bond acceptors (Lipinski definition) is 5. The van der Waals surface area contributed by atoms with E-state index in [1.54, 1.807) is 25.1 Å². The minimum Gasteiger partial charge on any atom is -0.493 e. The lowest BCUT2D eigenvalue weighted by molar-refractivity contribution is 0.101. The highest BCUT2D eigenvalue weighted by atomic mass is 32.2. The molecule has 0 amide bonds. The number of ether oxygens (including phenoxy) is 1. The molecule has 0 aliphatic carbocycles. The summed E-state index contributed by atoms with van der Waals surface area (Å²) in [6, 6.07) is 4.82. The minimum absolute atomic E-state index is 0.0911. The molecular weight excluding hydrogens is 266 g/mol. The predicted octanol–water partition coefficient (Wildman–Crippen LogP) is 1.68. The Morgan fingerprint density at radius 2 is 2.05 bits per heavy atom. The van der Waals surface area contributed by atoms with Crippen LogP contribution in [0.3, 0.4) is 0 Å². The van der Waals surface area contributed by atoms with Crippen LogP contribution in [-0.2, 0) is 9.84 Å². The predicted molar refractivity (Wildman–Crippen MR) is 75.3 cm³/mol. The van der Waals surface area contributed by atoms with Crippen LogP contribution in [0, 0.1) is 0 Å². The van der Waals surface area contributed by atoms with Crippen molar-refractivity contribution in [2.75, 3.05) is 23.8 Å². The standard InChI is InChI=1S/C13H19NO4S/c1-3-19(16,17)8-4-7-18-13-6-5-11(14)9-12(13)10(2)15/h5-6,9H,3-4,7-8,14H2,1-2H3. The molecule has 2 N–H and O–H groups in total. The van der Waals surface area contributed by atoms with Gasteiger partial charge in [0.1, 0.15) is 15.6 Å². The van der Waals surface area contributed by atoms with Crippen molar-refractivity contribution >= 4 is 21.3 Å². The second-order valence-electron chi connectivity index (χ2n) is 4.25. The zero-order valence-electron chi connectivity index (χ0n) is 11.2. The van der Waals surface area contributed by atoms with Crippen LogP contribution in [0.15, 0.2) is 18.2 Å². The van der Waals surface area contributed by atoms with Crippen LogP contribution in [0.5, 0.6) is 5.75 Å². The Morgan fingerprint density at radius 3 is 2.63 bits per heavy atom. The second kappa shape index (κ2) is 6.56. The average Bonchev–Trinajstić information content (AvgIpc) is 2.36. The zero-order valence-corrected chi connectivity index (χ0v) is 12.0. The fraction of sp³-hybridized carbons (Fsp3) is 0.462. The van der Waals surface area contributed by atoms with Crippen molar-refractivity contribution in [1.29, 1.82) is 0 Å². The maximum Gasteiger partial charge on any atom is 0.163 e. The van der Waals surface area contributed by atoms with Gasteiger partial charge in [0.2, 0.25) is 0 Å². The summed E-state index contributed by atoms with van der Waals surface area (Å²) in [4.78, 5) is 11.4. The molecule has 1 rings (SSSR count). The van der Waals surface area contributed by atoms with Crippen molar-refractivity contribution in [3.8, 4) is 5.75 Å². The fourth-order valence-electron chi connectivity index (χ4n) is 1.55. The molecule has 0 heterocycles. The van der Waals surface area contributed by atoms with E-state index in [2.05, 4.69) is 0 Å². The number of benzene rings is 1. The number of nitrogen functional groups attached to an aromatic ring is 1. The molecule has 1 aromatic rings. The summed E-state index contributed by atoms with van der Waals surface area (Å²) in [7, 11) is -2.97. The number of carbonyl (C=O) groups excluding carboxylic acids is 1. The third-order valence-corrected chi connectivity index (χ3v) is 4.47. The number of anilines is 1. The molecule has 106 valence electrons. The fourth-order valence-corrected chi connectivity index (χ4v) is 2.40. The molecule has 0 aliphatic rings. The van der Waals surface area contributed by atoms with Crippen molar-refractivity contribution in [3.05, 3.63) is 23.8 Å². The third kappa shape index (κ3) is 4.90. The molecule has 1 aromatic carbocycles. The third-order valence-electron chi connectivity index (χ3n) is 2.68. The molecule has 6 heteroatoms. The number of hydrogen-bond donors (Lipinski definition) is 1. The summed E-state index contributed by atoms with van der Waals surface area (Å²) in [6.45, 7) is 3.30. The first-order valence-electron chi connectivity index (χ1n) is 6.09. The molecule has 5 nitrogen and oxygen atoms in total. The summed E-state index contributed by atoms with van der Waals surface area (Å²) < 4.78 is 28.1. The summed E-state index contributed by atoms with van der Waals surface area (Å²) in [5.74, 6) is 0.528. The highest BCUT2D eigenvalue weighted by Gasteiger charge is 2.10. The van der Waals surface area contributed by atoms with Crippen molar-refractivity contribution in [2.24, 2.45) is 0 Å². The van der Waals surface area contributed by atoms with Gasteiger partial charge in [0.15, 0.2) is 5.78 Å². The van der Waals surface area contributed by atoms with Gasteiger partial charge in [-0.3, -0.25) is 4.79 Å². The van der Waals surface area contributed by atoms with Gasteiger partial charge >= 0.3 is 0 Å². The van der Waals surface area contributed by atoms with Gasteiger partial charge < -0.3 is 10.5 Å². The van der Waals surface area contributed by atoms with Crippen LogP contribution < -0.4 is 10.5 Å². The van der Waals surface area contributed by atoms with Crippen LogP contribution >= 0.6 is 0 Å². The van der Waals surface area contributed by atoms with E-state index in [9.17, 15) is 13.2 Å². The van der Waals surface area contributed by atoms with Crippen molar-refractivity contribution in [1.82, 2.24) is 0 Å². The second-order valence-corrected chi connectivity index (χ2v) is 6.72. The molecule has 0 saturated carbocycles. The number of rotatable bonds is 7. The molecule has 0 aliphatic heterocycles. The SMILES string of the molecule is CCS(=O)(=O)CCCOc1ccc(N)cc1C(C)=O. The molecule has 0 bridgehead atoms. The Balaban J connectivity index is 2.61. The quantitative estimate of drug-likeness (QED) is 0.468. The summed E-state index contributed by atoms with van der Waals surface area (Å²) in [6.07, 6.45) is 0.401. The van der Waals surface area contributed by atoms with Gasteiger partial charge in [-0.2, -0.15) is 0 Å². The number of ketones is 1. The van der Waals surface area contributed by atoms with Crippen LogP contribution in [0.4, 0.5) is 5.69 Å². The van der Waals surface area contributed by atoms with Crippen molar-refractivity contribution in [2.45, 2.75) is 20.3 Å². The highest BCUT2D eigenvalue weighted by Crippen LogP contribution is 2.22. The Morgan fingerprint density at radius 1 is 1.37 bits per heavy atom. The zero-order chi connectivity index (χ0) is 14.5. The number of Topliss-reactive ketones (excluding diaryl/α,β-unsaturated/α-hetero) is 1. The van der Waals surface area contributed by atoms with E-state index in [1.807, 2.05) is 0 Å². The Bertz CT molecular complexity index is 552. The maximum absolute atomic E-state index is 11.4. The molecule has 0 fully saturated rings. The van der Waals surface area contributed by atoms with Crippen molar-refractivity contribution in [3.63, 3.8) is 0 Å². The van der Waals surface area contributed by atoms with E-state index >= 15 is 0 Å². The highest BCUT2D eigenvalue weighted by molar-refractivity contribution is 7.91. The first-order chi connectivity index (χ1) is 8.85. The monoisotopic (exact) mass is 285 g/mol. The number of nitrogens with two attached hydrogens (primary N) is 1. The van der Waals surface area contributed by atoms with E-state index in [4.69, 9.17) is 10.5 Å². The van der Waals surface area contributed by atoms with Gasteiger partial charge in [0, 0.05) is 11.4 Å². The number of sulfone groups is 1. The van der Waals surface area contributed by atoms with Gasteiger partial charge in [-0.25, -0.2) is 8.42 Å². The minimum atomic E-state index is -2.97. The molecule has 0 spiro atoms. The summed E-state index contributed by atoms with van der Waals surface area (Å²) in [5, 5.41) is 0.